The summed E-state index contributed by atoms with van der Waals surface area (Å²) in [5.74, 6) is -0.385. The summed E-state index contributed by atoms with van der Waals surface area (Å²) in [6, 6.07) is 14.7. The number of hydrogen-bond donors (Lipinski definition) is 0. The highest BCUT2D eigenvalue weighted by Crippen LogP contribution is 2.44. The van der Waals surface area contributed by atoms with Crippen molar-refractivity contribution in [1.29, 1.82) is 0 Å². The highest BCUT2D eigenvalue weighted by atomic mass is 35.5. The minimum atomic E-state index is -4.53. The number of carbonyl (C=O) groups is 1. The number of anilines is 2. The van der Waals surface area contributed by atoms with Crippen LogP contribution >= 0.6 is 11.6 Å². The van der Waals surface area contributed by atoms with Gasteiger partial charge in [0.25, 0.3) is 0 Å². The van der Waals surface area contributed by atoms with Crippen molar-refractivity contribution in [1.82, 2.24) is 10.1 Å². The van der Waals surface area contributed by atoms with Gasteiger partial charge in [0.05, 0.1) is 21.8 Å². The van der Waals surface area contributed by atoms with E-state index in [-0.39, 0.29) is 17.1 Å². The molecule has 4 rings (SSSR count). The molecule has 0 saturated carbocycles. The van der Waals surface area contributed by atoms with Gasteiger partial charge < -0.3 is 4.52 Å². The lowest BCUT2D eigenvalue weighted by molar-refractivity contribution is -0.137. The number of carbonyl (C=O) groups excluding carboxylic acids is 1. The third-order valence-electron chi connectivity index (χ3n) is 4.72. The maximum Gasteiger partial charge on any atom is 0.416 e. The summed E-state index contributed by atoms with van der Waals surface area (Å²) in [5.41, 5.74) is 0.752. The van der Waals surface area contributed by atoms with E-state index in [1.807, 2.05) is 0 Å². The first-order valence-corrected chi connectivity index (χ1v) is 9.78. The molecule has 0 saturated heterocycles. The van der Waals surface area contributed by atoms with E-state index < -0.39 is 17.6 Å². The monoisotopic (exact) mass is 457 g/mol. The second kappa shape index (κ2) is 8.47. The predicted molar refractivity (Wildman–Crippen MR) is 114 cm³/mol. The van der Waals surface area contributed by atoms with Gasteiger partial charge in [0, 0.05) is 24.9 Å². The number of halogens is 4. The number of rotatable bonds is 4. The lowest BCUT2D eigenvalue weighted by atomic mass is 9.99. The van der Waals surface area contributed by atoms with Gasteiger partial charge in [-0.3, -0.25) is 9.78 Å². The Hall–Kier alpha value is -3.65. The minimum Gasteiger partial charge on any atom is -0.337 e. The fourth-order valence-electron chi connectivity index (χ4n) is 3.31. The molecule has 0 bridgehead atoms. The van der Waals surface area contributed by atoms with Gasteiger partial charge in [-0.15, -0.1) is 0 Å². The van der Waals surface area contributed by atoms with Gasteiger partial charge in [-0.05, 0) is 42.0 Å². The van der Waals surface area contributed by atoms with Crippen molar-refractivity contribution >= 4 is 29.1 Å². The molecule has 4 aromatic rings. The Balaban J connectivity index is 1.97. The molecular weight excluding hydrogens is 443 g/mol. The molecule has 2 heterocycles. The summed E-state index contributed by atoms with van der Waals surface area (Å²) in [5, 5.41) is 4.34. The van der Waals surface area contributed by atoms with Gasteiger partial charge in [-0.25, -0.2) is 4.90 Å². The molecule has 0 unspecified atom stereocenters. The van der Waals surface area contributed by atoms with Crippen molar-refractivity contribution in [2.24, 2.45) is 0 Å². The predicted octanol–water partition coefficient (Wildman–Crippen LogP) is 6.76. The number of aromatic nitrogens is 2. The van der Waals surface area contributed by atoms with Gasteiger partial charge in [0.2, 0.25) is 11.8 Å². The third kappa shape index (κ3) is 4.09. The Labute approximate surface area is 186 Å². The van der Waals surface area contributed by atoms with Crippen LogP contribution in [-0.4, -0.2) is 16.0 Å². The van der Waals surface area contributed by atoms with Crippen LogP contribution in [0.3, 0.4) is 0 Å². The minimum absolute atomic E-state index is 0.0317. The number of nitrogens with zero attached hydrogens (tertiary/aromatic N) is 3. The van der Waals surface area contributed by atoms with Crippen LogP contribution in [0.4, 0.5) is 24.7 Å². The summed E-state index contributed by atoms with van der Waals surface area (Å²) >= 11 is 6.32. The Morgan fingerprint density at radius 1 is 1.00 bits per heavy atom. The zero-order chi connectivity index (χ0) is 22.9. The Morgan fingerprint density at radius 2 is 1.72 bits per heavy atom. The summed E-state index contributed by atoms with van der Waals surface area (Å²) in [6.45, 7) is 1.33. The van der Waals surface area contributed by atoms with Crippen LogP contribution in [0, 0.1) is 0 Å². The molecule has 0 atom stereocenters. The molecule has 5 nitrogen and oxygen atoms in total. The van der Waals surface area contributed by atoms with E-state index in [4.69, 9.17) is 16.1 Å². The van der Waals surface area contributed by atoms with Crippen LogP contribution in [0.25, 0.3) is 22.4 Å². The first kappa shape index (κ1) is 21.6. The van der Waals surface area contributed by atoms with Crippen LogP contribution in [-0.2, 0) is 11.0 Å². The van der Waals surface area contributed by atoms with Crippen LogP contribution in [0.2, 0.25) is 5.02 Å². The van der Waals surface area contributed by atoms with E-state index in [0.29, 0.717) is 21.8 Å². The highest BCUT2D eigenvalue weighted by Gasteiger charge is 2.32. The molecule has 0 fully saturated rings. The molecule has 162 valence electrons. The number of para-hydroxylation sites is 1. The number of alkyl halides is 3. The maximum atomic E-state index is 13.3. The average Bonchev–Trinajstić information content (AvgIpc) is 3.20. The molecule has 2 aromatic carbocycles. The Morgan fingerprint density at radius 3 is 2.38 bits per heavy atom. The quantitative estimate of drug-likeness (QED) is 0.339. The fourth-order valence-corrected chi connectivity index (χ4v) is 3.53. The molecule has 0 aliphatic carbocycles. The zero-order valence-electron chi connectivity index (χ0n) is 16.6. The SMILES string of the molecule is CC(=O)N(c1ccccc1Cl)c1onc(-c2cccc(C(F)(F)F)c2)c1-c1ccncc1. The molecular formula is C23H15ClF3N3O2. The third-order valence-corrected chi connectivity index (χ3v) is 5.04. The number of hydrogen-bond acceptors (Lipinski definition) is 4. The average molecular weight is 458 g/mol. The second-order valence-electron chi connectivity index (χ2n) is 6.83. The van der Waals surface area contributed by atoms with Crippen molar-refractivity contribution in [2.75, 3.05) is 4.90 Å². The van der Waals surface area contributed by atoms with Crippen LogP contribution in [0.5, 0.6) is 0 Å². The molecule has 32 heavy (non-hydrogen) atoms. The lowest BCUT2D eigenvalue weighted by Gasteiger charge is -2.20. The molecule has 2 aromatic heterocycles. The van der Waals surface area contributed by atoms with Gasteiger partial charge in [-0.2, -0.15) is 13.2 Å². The summed E-state index contributed by atoms with van der Waals surface area (Å²) in [4.78, 5) is 17.9. The van der Waals surface area contributed by atoms with Crippen LogP contribution in [0.15, 0.2) is 77.6 Å². The second-order valence-corrected chi connectivity index (χ2v) is 7.24. The van der Waals surface area contributed by atoms with E-state index in [0.717, 1.165) is 12.1 Å². The number of pyridine rings is 1. The van der Waals surface area contributed by atoms with Crippen molar-refractivity contribution < 1.29 is 22.5 Å². The van der Waals surface area contributed by atoms with Crippen molar-refractivity contribution in [3.63, 3.8) is 0 Å². The maximum absolute atomic E-state index is 13.3. The highest BCUT2D eigenvalue weighted by molar-refractivity contribution is 6.34. The van der Waals surface area contributed by atoms with E-state index in [1.54, 1.807) is 36.4 Å². The van der Waals surface area contributed by atoms with E-state index in [9.17, 15) is 18.0 Å². The van der Waals surface area contributed by atoms with Gasteiger partial charge >= 0.3 is 6.18 Å². The number of benzene rings is 2. The summed E-state index contributed by atoms with van der Waals surface area (Å²) < 4.78 is 45.4. The normalized spacial score (nSPS) is 11.4. The standard InChI is InChI=1S/C23H15ClF3N3O2/c1-14(31)30(19-8-3-2-7-18(19)24)22-20(15-9-11-28-12-10-15)21(29-32-22)16-5-4-6-17(13-16)23(25,26)27/h2-13H,1H3. The largest absolute Gasteiger partial charge is 0.416 e. The molecule has 0 N–H and O–H groups in total. The summed E-state index contributed by atoms with van der Waals surface area (Å²) in [7, 11) is 0. The van der Waals surface area contributed by atoms with Gasteiger partial charge in [-0.1, -0.05) is 41.0 Å². The van der Waals surface area contributed by atoms with Crippen molar-refractivity contribution in [3.05, 3.63) is 83.6 Å². The van der Waals surface area contributed by atoms with Gasteiger partial charge in [0.1, 0.15) is 5.69 Å². The Kier molecular flexibility index (Phi) is 5.71. The van der Waals surface area contributed by atoms with E-state index in [2.05, 4.69) is 10.1 Å². The van der Waals surface area contributed by atoms with Gasteiger partial charge in [0.15, 0.2) is 0 Å². The number of amides is 1. The lowest BCUT2D eigenvalue weighted by Crippen LogP contribution is -2.23. The van der Waals surface area contributed by atoms with E-state index in [1.165, 1.54) is 36.4 Å². The first-order valence-electron chi connectivity index (χ1n) is 9.40. The zero-order valence-corrected chi connectivity index (χ0v) is 17.4. The van der Waals surface area contributed by atoms with Crippen LogP contribution in [0.1, 0.15) is 12.5 Å². The molecule has 0 aliphatic heterocycles. The van der Waals surface area contributed by atoms with Crippen LogP contribution < -0.4 is 4.90 Å². The van der Waals surface area contributed by atoms with E-state index >= 15 is 0 Å². The topological polar surface area (TPSA) is 59.2 Å². The molecule has 9 heteroatoms. The first-order chi connectivity index (χ1) is 15.3. The molecule has 0 spiro atoms. The smallest absolute Gasteiger partial charge is 0.337 e. The van der Waals surface area contributed by atoms with Crippen molar-refractivity contribution in [3.8, 4) is 22.4 Å². The molecule has 0 radical (unpaired) electrons. The molecule has 1 amide bonds. The molecule has 0 aliphatic rings. The fraction of sp³-hybridized carbons (Fsp3) is 0.0870. The van der Waals surface area contributed by atoms with Crippen molar-refractivity contribution in [2.45, 2.75) is 13.1 Å². The Bertz CT molecular complexity index is 1270. The summed E-state index contributed by atoms with van der Waals surface area (Å²) in [6.07, 6.45) is -1.48.